The van der Waals surface area contributed by atoms with E-state index in [9.17, 15) is 31.9 Å². The van der Waals surface area contributed by atoms with E-state index in [1.165, 1.54) is 0 Å². The van der Waals surface area contributed by atoms with Gasteiger partial charge in [0.2, 0.25) is 0 Å². The second-order valence-electron chi connectivity index (χ2n) is 4.07. The van der Waals surface area contributed by atoms with Crippen LogP contribution in [-0.2, 0) is 19.1 Å². The maximum Gasteiger partial charge on any atom is 0.354 e. The lowest BCUT2D eigenvalue weighted by Gasteiger charge is -2.13. The summed E-state index contributed by atoms with van der Waals surface area (Å²) in [5.41, 5.74) is 0.649. The topological polar surface area (TPSA) is 108 Å². The lowest BCUT2D eigenvalue weighted by Crippen LogP contribution is -2.21. The van der Waals surface area contributed by atoms with Crippen LogP contribution in [0.3, 0.4) is 0 Å². The number of rotatable bonds is 5. The number of nitrogens with two attached hydrogens (primary N) is 1. The molecule has 0 aliphatic heterocycles. The largest absolute Gasteiger partial charge is 0.466 e. The van der Waals surface area contributed by atoms with Crippen LogP contribution in [0.1, 0.15) is 10.4 Å². The highest BCUT2D eigenvalue weighted by Gasteiger charge is 2.29. The van der Waals surface area contributed by atoms with Gasteiger partial charge in [0, 0.05) is 0 Å². The maximum absolute atomic E-state index is 13.9. The van der Waals surface area contributed by atoms with E-state index in [-0.39, 0.29) is 0 Å². The van der Waals surface area contributed by atoms with E-state index in [1.54, 1.807) is 5.32 Å². The number of halogens is 4. The van der Waals surface area contributed by atoms with Crippen molar-refractivity contribution in [2.45, 2.75) is 0 Å². The third-order valence-electron chi connectivity index (χ3n) is 2.64. The van der Waals surface area contributed by atoms with Crippen molar-refractivity contribution in [3.05, 3.63) is 40.6 Å². The van der Waals surface area contributed by atoms with Gasteiger partial charge in [-0.2, -0.15) is 0 Å². The van der Waals surface area contributed by atoms with E-state index in [1.807, 2.05) is 0 Å². The summed E-state index contributed by atoms with van der Waals surface area (Å²) in [5, 5.41) is 1.68. The minimum atomic E-state index is -2.08. The Morgan fingerprint density at radius 3 is 1.83 bits per heavy atom. The van der Waals surface area contributed by atoms with Gasteiger partial charge in [0.25, 0.3) is 5.91 Å². The highest BCUT2D eigenvalue weighted by Crippen LogP contribution is 2.29. The molecule has 1 amide bonds. The molecule has 0 radical (unpaired) electrons. The molecular weight excluding hydrogens is 340 g/mol. The lowest BCUT2D eigenvalue weighted by atomic mass is 10.1. The van der Waals surface area contributed by atoms with Crippen molar-refractivity contribution in [1.29, 1.82) is 0 Å². The number of hydrogen-bond acceptors (Lipinski definition) is 6. The summed E-state index contributed by atoms with van der Waals surface area (Å²) >= 11 is 0. The molecule has 0 aromatic heterocycles. The Balaban J connectivity index is 3.51. The molecule has 0 saturated heterocycles. The van der Waals surface area contributed by atoms with E-state index in [0.29, 0.717) is 6.08 Å². The fourth-order valence-electron chi connectivity index (χ4n) is 1.53. The maximum atomic E-state index is 13.9. The van der Waals surface area contributed by atoms with Gasteiger partial charge in [-0.1, -0.05) is 0 Å². The van der Waals surface area contributed by atoms with Gasteiger partial charge in [-0.05, 0) is 0 Å². The fraction of sp³-hybridized carbons (Fsp3) is 0.154. The molecule has 7 nitrogen and oxygen atoms in total. The van der Waals surface area contributed by atoms with Gasteiger partial charge in [0.05, 0.1) is 20.3 Å². The predicted molar refractivity (Wildman–Crippen MR) is 70.5 cm³/mol. The van der Waals surface area contributed by atoms with Crippen molar-refractivity contribution >= 4 is 23.5 Å². The van der Waals surface area contributed by atoms with E-state index in [2.05, 4.69) is 15.2 Å². The normalized spacial score (nSPS) is 11.0. The first kappa shape index (κ1) is 18.9. The molecule has 130 valence electrons. The second-order valence-corrected chi connectivity index (χ2v) is 4.07. The number of esters is 2. The summed E-state index contributed by atoms with van der Waals surface area (Å²) in [6.45, 7) is 0. The zero-order valence-corrected chi connectivity index (χ0v) is 12.2. The SMILES string of the molecule is COC(=O)/C=C(/Nc1c(F)c(F)c(C(N)=O)c(F)c1F)C(=O)OC. The standard InChI is InChI=1S/C13H10F4N2O5/c1-23-5(20)3-4(13(22)24-2)19-11-9(16)7(14)6(12(18)21)8(15)10(11)17/h3,19H,1-2H3,(H2,18,21)/b4-3+. The molecule has 11 heteroatoms. The Bertz CT molecular complexity index is 719. The summed E-state index contributed by atoms with van der Waals surface area (Å²) in [4.78, 5) is 33.5. The number of carbonyl (C=O) groups is 3. The third-order valence-corrected chi connectivity index (χ3v) is 2.64. The zero-order chi connectivity index (χ0) is 18.6. The predicted octanol–water partition coefficient (Wildman–Crippen LogP) is 0.984. The van der Waals surface area contributed by atoms with Crippen LogP contribution in [0, 0.1) is 23.3 Å². The number of benzene rings is 1. The molecule has 0 atom stereocenters. The summed E-state index contributed by atoms with van der Waals surface area (Å²) in [5.74, 6) is -12.4. The van der Waals surface area contributed by atoms with Crippen LogP contribution in [0.4, 0.5) is 23.2 Å². The zero-order valence-electron chi connectivity index (χ0n) is 12.2. The number of methoxy groups -OCH3 is 2. The fourth-order valence-corrected chi connectivity index (χ4v) is 1.53. The average molecular weight is 350 g/mol. The number of anilines is 1. The van der Waals surface area contributed by atoms with E-state index < -0.39 is 58.1 Å². The molecule has 0 spiro atoms. The molecule has 0 bridgehead atoms. The van der Waals surface area contributed by atoms with Crippen LogP contribution in [0.2, 0.25) is 0 Å². The number of carbonyl (C=O) groups excluding carboxylic acids is 3. The first-order valence-electron chi connectivity index (χ1n) is 5.96. The van der Waals surface area contributed by atoms with Crippen molar-refractivity contribution in [2.24, 2.45) is 5.73 Å². The Morgan fingerprint density at radius 1 is 0.958 bits per heavy atom. The Morgan fingerprint density at radius 2 is 1.46 bits per heavy atom. The van der Waals surface area contributed by atoms with Gasteiger partial charge < -0.3 is 20.5 Å². The first-order chi connectivity index (χ1) is 11.1. The van der Waals surface area contributed by atoms with Gasteiger partial charge in [0.1, 0.15) is 16.9 Å². The minimum absolute atomic E-state index is 0.433. The van der Waals surface area contributed by atoms with Crippen molar-refractivity contribution < 1.29 is 41.4 Å². The number of nitrogens with one attached hydrogen (secondary N) is 1. The molecule has 0 aliphatic carbocycles. The molecule has 3 N–H and O–H groups in total. The van der Waals surface area contributed by atoms with Crippen LogP contribution >= 0.6 is 0 Å². The molecule has 1 rings (SSSR count). The van der Waals surface area contributed by atoms with Crippen molar-refractivity contribution in [1.82, 2.24) is 0 Å². The highest BCUT2D eigenvalue weighted by atomic mass is 19.2. The quantitative estimate of drug-likeness (QED) is 0.355. The molecule has 1 aromatic rings. The van der Waals surface area contributed by atoms with Crippen LogP contribution in [0.25, 0.3) is 0 Å². The first-order valence-corrected chi connectivity index (χ1v) is 5.96. The van der Waals surface area contributed by atoms with Gasteiger partial charge >= 0.3 is 11.9 Å². The van der Waals surface area contributed by atoms with Crippen LogP contribution in [0.15, 0.2) is 11.8 Å². The highest BCUT2D eigenvalue weighted by molar-refractivity contribution is 5.99. The molecule has 0 aliphatic rings. The minimum Gasteiger partial charge on any atom is -0.466 e. The van der Waals surface area contributed by atoms with Crippen molar-refractivity contribution in [3.63, 3.8) is 0 Å². The van der Waals surface area contributed by atoms with E-state index >= 15 is 0 Å². The molecule has 0 fully saturated rings. The van der Waals surface area contributed by atoms with Crippen molar-refractivity contribution in [3.8, 4) is 0 Å². The van der Waals surface area contributed by atoms with E-state index in [4.69, 9.17) is 0 Å². The Hall–Kier alpha value is -3.11. The Kier molecular flexibility index (Phi) is 5.87. The summed E-state index contributed by atoms with van der Waals surface area (Å²) in [7, 11) is 1.81. The smallest absolute Gasteiger partial charge is 0.354 e. The van der Waals surface area contributed by atoms with E-state index in [0.717, 1.165) is 14.2 Å². The molecule has 0 unspecified atom stereocenters. The summed E-state index contributed by atoms with van der Waals surface area (Å²) in [6, 6.07) is 0. The van der Waals surface area contributed by atoms with Gasteiger partial charge in [-0.15, -0.1) is 0 Å². The second kappa shape index (κ2) is 7.44. The molecule has 24 heavy (non-hydrogen) atoms. The number of amides is 1. The molecule has 1 aromatic carbocycles. The van der Waals surface area contributed by atoms with Gasteiger partial charge in [0.15, 0.2) is 23.3 Å². The summed E-state index contributed by atoms with van der Waals surface area (Å²) in [6.07, 6.45) is 0.433. The van der Waals surface area contributed by atoms with Gasteiger partial charge in [-0.25, -0.2) is 27.2 Å². The number of ether oxygens (including phenoxy) is 2. The number of primary amides is 1. The van der Waals surface area contributed by atoms with Crippen molar-refractivity contribution in [2.75, 3.05) is 19.5 Å². The monoisotopic (exact) mass is 350 g/mol. The Labute approximate surface area is 132 Å². The molecular formula is C13H10F4N2O5. The van der Waals surface area contributed by atoms with Crippen LogP contribution < -0.4 is 11.1 Å². The van der Waals surface area contributed by atoms with Crippen LogP contribution in [-0.4, -0.2) is 32.1 Å². The van der Waals surface area contributed by atoms with Crippen LogP contribution in [0.5, 0.6) is 0 Å². The summed E-state index contributed by atoms with van der Waals surface area (Å²) < 4.78 is 63.5. The average Bonchev–Trinajstić information content (AvgIpc) is 2.54. The third kappa shape index (κ3) is 3.62. The molecule has 0 heterocycles. The lowest BCUT2D eigenvalue weighted by molar-refractivity contribution is -0.138. The number of hydrogen-bond donors (Lipinski definition) is 2. The van der Waals surface area contributed by atoms with Gasteiger partial charge in [-0.3, -0.25) is 4.79 Å². The molecule has 0 saturated carbocycles.